The normalized spacial score (nSPS) is 15.5. The Labute approximate surface area is 343 Å². The van der Waals surface area contributed by atoms with Crippen LogP contribution in [0.25, 0.3) is 0 Å². The number of carbonyl (C=O) groups excluding carboxylic acids is 1. The fourth-order valence-corrected chi connectivity index (χ4v) is 7.14. The molecule has 4 aromatic rings. The fourth-order valence-electron chi connectivity index (χ4n) is 5.18. The summed E-state index contributed by atoms with van der Waals surface area (Å²) in [7, 11) is -5.18. The number of cyclic esters (lactones) is 1. The molecule has 58 heavy (non-hydrogen) atoms. The lowest BCUT2D eigenvalue weighted by atomic mass is 10.1. The highest BCUT2D eigenvalue weighted by molar-refractivity contribution is 7.48. The van der Waals surface area contributed by atoms with E-state index in [1.165, 1.54) is 12.1 Å². The number of esters is 1. The van der Waals surface area contributed by atoms with E-state index in [4.69, 9.17) is 74.2 Å². The number of carbonyl (C=O) groups is 1. The first kappa shape index (κ1) is 45.4. The quantitative estimate of drug-likeness (QED) is 0.0667. The maximum absolute atomic E-state index is 14.7. The molecule has 0 spiro atoms. The third kappa shape index (κ3) is 11.5. The molecule has 0 aromatic heterocycles. The van der Waals surface area contributed by atoms with Crippen LogP contribution < -0.4 is 0 Å². The van der Waals surface area contributed by atoms with Crippen molar-refractivity contribution in [3.63, 3.8) is 0 Å². The van der Waals surface area contributed by atoms with Crippen LogP contribution in [0, 0.1) is 11.6 Å². The number of aliphatic hydroxyl groups is 1. The zero-order chi connectivity index (χ0) is 42.6. The van der Waals surface area contributed by atoms with Gasteiger partial charge in [0.05, 0.1) is 30.9 Å². The van der Waals surface area contributed by atoms with E-state index >= 15 is 0 Å². The fraction of sp³-hybridized carbons (Fsp3) is 0.250. The number of alkyl halides is 6. The molecule has 2 atom stereocenters. The molecule has 0 amide bonds. The molecule has 22 heteroatoms. The van der Waals surface area contributed by atoms with Crippen LogP contribution in [0.2, 0.25) is 20.1 Å². The molecule has 4 aromatic carbocycles. The molecule has 0 fully saturated rings. The number of phosphoric acid groups is 1. The molecule has 1 N–H and O–H groups in total. The van der Waals surface area contributed by atoms with Crippen molar-refractivity contribution in [3.05, 3.63) is 149 Å². The molecule has 0 bridgehead atoms. The number of hydrogen-bond acceptors (Lipinski definition) is 9. The Morgan fingerprint density at radius 3 is 1.48 bits per heavy atom. The molecule has 0 saturated carbocycles. The summed E-state index contributed by atoms with van der Waals surface area (Å²) in [5, 5.41) is 9.85. The second-order valence-corrected chi connectivity index (χ2v) is 15.4. The predicted molar refractivity (Wildman–Crippen MR) is 191 cm³/mol. The van der Waals surface area contributed by atoms with Crippen molar-refractivity contribution in [1.29, 1.82) is 0 Å². The molecule has 0 aliphatic carbocycles. The predicted octanol–water partition coefficient (Wildman–Crippen LogP) is 11.4. The molecule has 1 aliphatic heterocycles. The number of aliphatic hydroxyl groups excluding tert-OH is 1. The number of halogens is 12. The first-order valence-corrected chi connectivity index (χ1v) is 19.1. The lowest BCUT2D eigenvalue weighted by molar-refractivity contribution is -0.149. The van der Waals surface area contributed by atoms with E-state index in [0.29, 0.717) is 12.1 Å². The smallest absolute Gasteiger partial charge is 0.475 e. The molecule has 5 rings (SSSR count). The van der Waals surface area contributed by atoms with Gasteiger partial charge in [0.1, 0.15) is 31.0 Å². The van der Waals surface area contributed by atoms with Gasteiger partial charge in [0.2, 0.25) is 5.76 Å². The molecule has 1 heterocycles. The molecule has 0 saturated heterocycles. The Kier molecular flexibility index (Phi) is 14.7. The summed E-state index contributed by atoms with van der Waals surface area (Å²) in [6, 6.07) is 11.8. The van der Waals surface area contributed by atoms with Gasteiger partial charge in [0.25, 0.3) is 0 Å². The monoisotopic (exact) mass is 924 g/mol. The van der Waals surface area contributed by atoms with E-state index in [1.807, 2.05) is 0 Å². The summed E-state index contributed by atoms with van der Waals surface area (Å²) in [6.07, 6.45) is -14.1. The van der Waals surface area contributed by atoms with Gasteiger partial charge in [0, 0.05) is 42.3 Å². The van der Waals surface area contributed by atoms with Crippen LogP contribution in [0.5, 0.6) is 0 Å². The zero-order valence-electron chi connectivity index (χ0n) is 28.8. The van der Waals surface area contributed by atoms with Crippen molar-refractivity contribution in [2.45, 2.75) is 51.0 Å². The molecule has 312 valence electrons. The van der Waals surface area contributed by atoms with Crippen LogP contribution in [0.3, 0.4) is 0 Å². The van der Waals surface area contributed by atoms with Crippen LogP contribution in [0.1, 0.15) is 33.4 Å². The Hall–Kier alpha value is -3.64. The standard InChI is InChI=1S/C36H25Cl4F8O9P/c37-22-5-1-18(26(9-22)35(43,44)45)14-52-32-31(56-34(50)33(32)53-15-19-2-6-23(38)10-27(19)36(46,47)48)30(13-49)57-58(51,54-16-20-3-7-24(39)11-28(20)41)55-17-21-4-8-25(40)12-29(21)42/h1-12,30-31,49H,13-17H2. The highest BCUT2D eigenvalue weighted by Gasteiger charge is 2.47. The van der Waals surface area contributed by atoms with E-state index in [2.05, 4.69) is 0 Å². The maximum Gasteiger partial charge on any atom is 0.475 e. The molecule has 0 radical (unpaired) electrons. The third-order valence-electron chi connectivity index (χ3n) is 7.98. The largest absolute Gasteiger partial charge is 0.485 e. The average Bonchev–Trinajstić information content (AvgIpc) is 3.45. The first-order chi connectivity index (χ1) is 27.2. The van der Waals surface area contributed by atoms with Gasteiger partial charge in [-0.2, -0.15) is 26.3 Å². The second-order valence-electron chi connectivity index (χ2n) is 12.0. The molecule has 9 nitrogen and oxygen atoms in total. The molecular weight excluding hydrogens is 901 g/mol. The minimum absolute atomic E-state index is 0.0115. The zero-order valence-corrected chi connectivity index (χ0v) is 32.7. The van der Waals surface area contributed by atoms with Crippen molar-refractivity contribution >= 4 is 60.2 Å². The van der Waals surface area contributed by atoms with Crippen LogP contribution in [-0.2, 0) is 75.9 Å². The van der Waals surface area contributed by atoms with Gasteiger partial charge in [-0.15, -0.1) is 0 Å². The van der Waals surface area contributed by atoms with Gasteiger partial charge in [-0.1, -0.05) is 70.7 Å². The van der Waals surface area contributed by atoms with E-state index in [0.717, 1.165) is 48.5 Å². The maximum atomic E-state index is 14.7. The Bertz CT molecular complexity index is 2180. The van der Waals surface area contributed by atoms with Crippen molar-refractivity contribution in [1.82, 2.24) is 0 Å². The SMILES string of the molecule is O=C1OC(C(CO)OP(=O)(OCc2ccc(Cl)cc2F)OCc2ccc(Cl)cc2F)C(OCc2ccc(Cl)cc2C(F)(F)F)=C1OCc1ccc(Cl)cc1C(F)(F)F. The minimum atomic E-state index is -5.18. The van der Waals surface area contributed by atoms with Gasteiger partial charge in [-0.3, -0.25) is 13.6 Å². The van der Waals surface area contributed by atoms with E-state index in [-0.39, 0.29) is 31.2 Å². The summed E-state index contributed by atoms with van der Waals surface area (Å²) in [4.78, 5) is 13.3. The Morgan fingerprint density at radius 1 is 0.655 bits per heavy atom. The lowest BCUT2D eigenvalue weighted by Gasteiger charge is -2.27. The number of rotatable bonds is 16. The van der Waals surface area contributed by atoms with Gasteiger partial charge < -0.3 is 19.3 Å². The summed E-state index contributed by atoms with van der Waals surface area (Å²) in [5.74, 6) is -5.16. The topological polar surface area (TPSA) is 110 Å². The Balaban J connectivity index is 1.52. The number of ether oxygens (including phenoxy) is 3. The number of hydrogen-bond donors (Lipinski definition) is 1. The molecular formula is C36H25Cl4F8O9P. The van der Waals surface area contributed by atoms with Gasteiger partial charge in [-0.25, -0.2) is 18.1 Å². The van der Waals surface area contributed by atoms with Crippen LogP contribution in [0.15, 0.2) is 84.3 Å². The van der Waals surface area contributed by atoms with E-state index in [1.54, 1.807) is 0 Å². The average molecular weight is 926 g/mol. The summed E-state index contributed by atoms with van der Waals surface area (Å²) in [6.45, 7) is -5.02. The van der Waals surface area contributed by atoms with Crippen LogP contribution in [0.4, 0.5) is 35.1 Å². The highest BCUT2D eigenvalue weighted by atomic mass is 35.5. The van der Waals surface area contributed by atoms with Crippen LogP contribution in [-0.4, -0.2) is 29.9 Å². The summed E-state index contributed by atoms with van der Waals surface area (Å²) in [5.41, 5.74) is -4.14. The molecule has 1 aliphatic rings. The lowest BCUT2D eigenvalue weighted by Crippen LogP contribution is -2.35. The first-order valence-electron chi connectivity index (χ1n) is 16.2. The van der Waals surface area contributed by atoms with Gasteiger partial charge >= 0.3 is 26.1 Å². The molecule has 2 unspecified atom stereocenters. The van der Waals surface area contributed by atoms with Crippen molar-refractivity contribution in [3.8, 4) is 0 Å². The summed E-state index contributed by atoms with van der Waals surface area (Å²) >= 11 is 23.1. The van der Waals surface area contributed by atoms with Crippen molar-refractivity contribution < 1.29 is 77.4 Å². The highest BCUT2D eigenvalue weighted by Crippen LogP contribution is 2.53. The minimum Gasteiger partial charge on any atom is -0.485 e. The van der Waals surface area contributed by atoms with Crippen LogP contribution >= 0.6 is 54.2 Å². The van der Waals surface area contributed by atoms with Crippen molar-refractivity contribution in [2.75, 3.05) is 6.61 Å². The number of benzene rings is 4. The Morgan fingerprint density at radius 2 is 1.07 bits per heavy atom. The van der Waals surface area contributed by atoms with E-state index in [9.17, 15) is 49.6 Å². The third-order valence-corrected chi connectivity index (χ3v) is 10.3. The second kappa shape index (κ2) is 18.7. The van der Waals surface area contributed by atoms with Gasteiger partial charge in [0.15, 0.2) is 11.9 Å². The van der Waals surface area contributed by atoms with Crippen molar-refractivity contribution in [2.24, 2.45) is 0 Å². The van der Waals surface area contributed by atoms with Gasteiger partial charge in [-0.05, 0) is 48.5 Å². The van der Waals surface area contributed by atoms with E-state index < -0.39 is 117 Å². The number of phosphoric ester groups is 1. The summed E-state index contributed by atoms with van der Waals surface area (Å²) < 4.78 is 159.